The maximum Gasteiger partial charge on any atom is 0.0594 e. The minimum Gasteiger partial charge on any atom is -0.379 e. The van der Waals surface area contributed by atoms with Crippen molar-refractivity contribution in [3.8, 4) is 0 Å². The Balaban J connectivity index is 0.00000192. The fourth-order valence-corrected chi connectivity index (χ4v) is 3.86. The summed E-state index contributed by atoms with van der Waals surface area (Å²) in [5.74, 6) is 0.674. The van der Waals surface area contributed by atoms with Gasteiger partial charge in [0.05, 0.1) is 13.2 Å². The number of benzene rings is 1. The second-order valence-corrected chi connectivity index (χ2v) is 6.84. The molecule has 0 unspecified atom stereocenters. The molecule has 4 heteroatoms. The van der Waals surface area contributed by atoms with Crippen LogP contribution in [-0.2, 0) is 4.74 Å². The first-order valence-corrected chi connectivity index (χ1v) is 8.97. The molecule has 0 N–H and O–H groups in total. The van der Waals surface area contributed by atoms with Crippen LogP contribution in [-0.4, -0.2) is 37.7 Å². The van der Waals surface area contributed by atoms with Gasteiger partial charge >= 0.3 is 0 Å². The van der Waals surface area contributed by atoms with Crippen LogP contribution in [0.25, 0.3) is 6.08 Å². The highest BCUT2D eigenvalue weighted by molar-refractivity contribution is 6.31. The Kier molecular flexibility index (Phi) is 7.91. The van der Waals surface area contributed by atoms with E-state index in [1.54, 1.807) is 0 Å². The number of rotatable bonds is 4. The fraction of sp³-hybridized carbons (Fsp3) is 0.579. The third-order valence-corrected chi connectivity index (χ3v) is 5.17. The molecule has 3 rings (SSSR count). The molecule has 0 spiro atoms. The molecule has 0 radical (unpaired) electrons. The van der Waals surface area contributed by atoms with Crippen molar-refractivity contribution in [1.29, 1.82) is 0 Å². The van der Waals surface area contributed by atoms with Gasteiger partial charge < -0.3 is 4.74 Å². The van der Waals surface area contributed by atoms with Crippen molar-refractivity contribution in [2.45, 2.75) is 38.0 Å². The lowest BCUT2D eigenvalue weighted by molar-refractivity contribution is 0.0435. The summed E-state index contributed by atoms with van der Waals surface area (Å²) in [6.45, 7) is 4.77. The van der Waals surface area contributed by atoms with E-state index < -0.39 is 0 Å². The maximum atomic E-state index is 6.53. The molecule has 0 aromatic heterocycles. The summed E-state index contributed by atoms with van der Waals surface area (Å²) in [7, 11) is 0. The summed E-state index contributed by atoms with van der Waals surface area (Å²) in [5, 5.41) is 0.945. The SMILES string of the molecule is Cl.Clc1cc(/C=C/CN2CCOCC2)ccc1C1CCCCC1. The van der Waals surface area contributed by atoms with Gasteiger partial charge in [0.15, 0.2) is 0 Å². The maximum absolute atomic E-state index is 6.53. The highest BCUT2D eigenvalue weighted by atomic mass is 35.5. The zero-order valence-corrected chi connectivity index (χ0v) is 15.2. The molecular formula is C19H27Cl2NO. The van der Waals surface area contributed by atoms with E-state index in [0.717, 1.165) is 37.9 Å². The van der Waals surface area contributed by atoms with E-state index in [2.05, 4.69) is 35.3 Å². The average Bonchev–Trinajstić information content (AvgIpc) is 2.57. The van der Waals surface area contributed by atoms with Gasteiger partial charge in [0.25, 0.3) is 0 Å². The van der Waals surface area contributed by atoms with E-state index in [4.69, 9.17) is 16.3 Å². The highest BCUT2D eigenvalue weighted by Gasteiger charge is 2.17. The van der Waals surface area contributed by atoms with Gasteiger partial charge in [0.2, 0.25) is 0 Å². The van der Waals surface area contributed by atoms with Gasteiger partial charge in [-0.05, 0) is 36.0 Å². The summed E-state index contributed by atoms with van der Waals surface area (Å²) >= 11 is 6.53. The lowest BCUT2D eigenvalue weighted by Crippen LogP contribution is -2.36. The van der Waals surface area contributed by atoms with E-state index in [-0.39, 0.29) is 12.4 Å². The van der Waals surface area contributed by atoms with Gasteiger partial charge in [-0.2, -0.15) is 0 Å². The average molecular weight is 356 g/mol. The van der Waals surface area contributed by atoms with E-state index in [1.807, 2.05) is 0 Å². The Bertz CT molecular complexity index is 506. The summed E-state index contributed by atoms with van der Waals surface area (Å²) in [6.07, 6.45) is 11.1. The molecular weight excluding hydrogens is 329 g/mol. The van der Waals surface area contributed by atoms with Crippen molar-refractivity contribution in [2.24, 2.45) is 0 Å². The van der Waals surface area contributed by atoms with E-state index in [0.29, 0.717) is 5.92 Å². The third kappa shape index (κ3) is 5.49. The number of hydrogen-bond acceptors (Lipinski definition) is 2. The lowest BCUT2D eigenvalue weighted by Gasteiger charge is -2.25. The zero-order valence-electron chi connectivity index (χ0n) is 13.7. The van der Waals surface area contributed by atoms with Crippen LogP contribution in [0.15, 0.2) is 24.3 Å². The first kappa shape index (κ1) is 18.8. The van der Waals surface area contributed by atoms with Crippen molar-refractivity contribution in [2.75, 3.05) is 32.8 Å². The normalized spacial score (nSPS) is 20.6. The number of halogens is 2. The van der Waals surface area contributed by atoms with E-state index in [9.17, 15) is 0 Å². The predicted molar refractivity (Wildman–Crippen MR) is 101 cm³/mol. The number of morpholine rings is 1. The van der Waals surface area contributed by atoms with Gasteiger partial charge in [0.1, 0.15) is 0 Å². The van der Waals surface area contributed by atoms with Gasteiger partial charge in [-0.25, -0.2) is 0 Å². The minimum atomic E-state index is 0. The van der Waals surface area contributed by atoms with Crippen molar-refractivity contribution < 1.29 is 4.74 Å². The Labute approximate surface area is 151 Å². The standard InChI is InChI=1S/C19H26ClNO.ClH/c20-19-15-16(5-4-10-21-11-13-22-14-12-21)8-9-18(19)17-6-2-1-3-7-17;/h4-5,8-9,15,17H,1-3,6-7,10-14H2;1H/b5-4+;. The molecule has 1 aliphatic carbocycles. The molecule has 0 atom stereocenters. The first-order valence-electron chi connectivity index (χ1n) is 8.59. The van der Waals surface area contributed by atoms with Crippen molar-refractivity contribution >= 4 is 30.1 Å². The number of nitrogens with zero attached hydrogens (tertiary/aromatic N) is 1. The van der Waals surface area contributed by atoms with Gasteiger partial charge in [-0.15, -0.1) is 12.4 Å². The first-order chi connectivity index (χ1) is 10.8. The van der Waals surface area contributed by atoms with Gasteiger partial charge in [0, 0.05) is 24.7 Å². The van der Waals surface area contributed by atoms with E-state index in [1.165, 1.54) is 43.2 Å². The lowest BCUT2D eigenvalue weighted by atomic mass is 9.84. The molecule has 1 aliphatic heterocycles. The van der Waals surface area contributed by atoms with Crippen LogP contribution in [0.1, 0.15) is 49.1 Å². The van der Waals surface area contributed by atoms with Crippen molar-refractivity contribution in [1.82, 2.24) is 4.90 Å². The second kappa shape index (κ2) is 9.68. The zero-order chi connectivity index (χ0) is 15.2. The molecule has 1 saturated heterocycles. The van der Waals surface area contributed by atoms with Crippen LogP contribution in [0, 0.1) is 0 Å². The smallest absolute Gasteiger partial charge is 0.0594 e. The van der Waals surface area contributed by atoms with Crippen LogP contribution in [0.2, 0.25) is 5.02 Å². The molecule has 1 aromatic carbocycles. The Morgan fingerprint density at radius 2 is 1.87 bits per heavy atom. The monoisotopic (exact) mass is 355 g/mol. The van der Waals surface area contributed by atoms with Gasteiger partial charge in [-0.3, -0.25) is 4.90 Å². The van der Waals surface area contributed by atoms with Crippen LogP contribution >= 0.6 is 24.0 Å². The summed E-state index contributed by atoms with van der Waals surface area (Å²) < 4.78 is 5.37. The molecule has 2 aliphatic rings. The Morgan fingerprint density at radius 3 is 2.57 bits per heavy atom. The largest absolute Gasteiger partial charge is 0.379 e. The Hall–Kier alpha value is -0.540. The number of hydrogen-bond donors (Lipinski definition) is 0. The van der Waals surface area contributed by atoms with Crippen LogP contribution in [0.3, 0.4) is 0 Å². The molecule has 1 heterocycles. The quantitative estimate of drug-likeness (QED) is 0.739. The van der Waals surface area contributed by atoms with Crippen LogP contribution < -0.4 is 0 Å². The molecule has 128 valence electrons. The molecule has 0 bridgehead atoms. The number of ether oxygens (including phenoxy) is 1. The fourth-order valence-electron chi connectivity index (χ4n) is 3.51. The van der Waals surface area contributed by atoms with Crippen LogP contribution in [0.5, 0.6) is 0 Å². The molecule has 2 nitrogen and oxygen atoms in total. The topological polar surface area (TPSA) is 12.5 Å². The molecule has 23 heavy (non-hydrogen) atoms. The van der Waals surface area contributed by atoms with Crippen LogP contribution in [0.4, 0.5) is 0 Å². The predicted octanol–water partition coefficient (Wildman–Crippen LogP) is 5.15. The molecule has 1 aromatic rings. The molecule has 0 amide bonds. The van der Waals surface area contributed by atoms with E-state index >= 15 is 0 Å². The molecule has 1 saturated carbocycles. The summed E-state index contributed by atoms with van der Waals surface area (Å²) in [6, 6.07) is 6.58. The third-order valence-electron chi connectivity index (χ3n) is 4.85. The molecule has 2 fully saturated rings. The highest BCUT2D eigenvalue weighted by Crippen LogP contribution is 2.36. The van der Waals surface area contributed by atoms with Gasteiger partial charge in [-0.1, -0.05) is 55.1 Å². The Morgan fingerprint density at radius 1 is 1.13 bits per heavy atom. The summed E-state index contributed by atoms with van der Waals surface area (Å²) in [4.78, 5) is 2.41. The van der Waals surface area contributed by atoms with Crippen molar-refractivity contribution in [3.63, 3.8) is 0 Å². The van der Waals surface area contributed by atoms with Crippen molar-refractivity contribution in [3.05, 3.63) is 40.4 Å². The second-order valence-electron chi connectivity index (χ2n) is 6.43. The summed E-state index contributed by atoms with van der Waals surface area (Å²) in [5.41, 5.74) is 2.56. The minimum absolute atomic E-state index is 0.